The number of carboxylic acid groups (broad SMARTS) is 1. The van der Waals surface area contributed by atoms with Crippen molar-refractivity contribution in [3.63, 3.8) is 0 Å². The second-order valence-corrected chi connectivity index (χ2v) is 4.73. The van der Waals surface area contributed by atoms with Crippen LogP contribution in [0.15, 0.2) is 42.5 Å². The Morgan fingerprint density at radius 1 is 1.15 bits per heavy atom. The molecule has 4 heteroatoms. The van der Waals surface area contributed by atoms with E-state index in [4.69, 9.17) is 0 Å². The molecule has 2 nitrogen and oxygen atoms in total. The van der Waals surface area contributed by atoms with E-state index in [1.807, 2.05) is 19.1 Å². The van der Waals surface area contributed by atoms with Gasteiger partial charge in [0.15, 0.2) is 0 Å². The Kier molecular flexibility index (Phi) is 4.13. The molecule has 0 saturated carbocycles. The summed E-state index contributed by atoms with van der Waals surface area (Å²) < 4.78 is 26.3. The summed E-state index contributed by atoms with van der Waals surface area (Å²) in [5.74, 6) is -3.23. The van der Waals surface area contributed by atoms with Gasteiger partial charge in [0.05, 0.1) is 5.92 Å². The SMILES string of the molecule is Cc1ccccc1C(Cc1cc(F)cc(F)c1)C(=O)O. The zero-order valence-corrected chi connectivity index (χ0v) is 10.9. The highest BCUT2D eigenvalue weighted by atomic mass is 19.1. The third-order valence-corrected chi connectivity index (χ3v) is 3.22. The maximum Gasteiger partial charge on any atom is 0.311 e. The van der Waals surface area contributed by atoms with E-state index in [0.29, 0.717) is 11.1 Å². The van der Waals surface area contributed by atoms with E-state index in [9.17, 15) is 18.7 Å². The fraction of sp³-hybridized carbons (Fsp3) is 0.188. The lowest BCUT2D eigenvalue weighted by molar-refractivity contribution is -0.138. The number of halogens is 2. The van der Waals surface area contributed by atoms with Gasteiger partial charge in [-0.2, -0.15) is 0 Å². The summed E-state index contributed by atoms with van der Waals surface area (Å²) in [5, 5.41) is 9.36. The van der Waals surface area contributed by atoms with Crippen molar-refractivity contribution in [2.24, 2.45) is 0 Å². The van der Waals surface area contributed by atoms with E-state index in [0.717, 1.165) is 23.8 Å². The number of aliphatic carboxylic acids is 1. The zero-order chi connectivity index (χ0) is 14.7. The molecular weight excluding hydrogens is 262 g/mol. The molecule has 0 radical (unpaired) electrons. The van der Waals surface area contributed by atoms with Crippen molar-refractivity contribution in [1.29, 1.82) is 0 Å². The third-order valence-electron chi connectivity index (χ3n) is 3.22. The van der Waals surface area contributed by atoms with E-state index in [1.54, 1.807) is 12.1 Å². The van der Waals surface area contributed by atoms with Gasteiger partial charge in [-0.15, -0.1) is 0 Å². The number of hydrogen-bond donors (Lipinski definition) is 1. The molecular formula is C16H14F2O2. The van der Waals surface area contributed by atoms with Crippen LogP contribution in [0.2, 0.25) is 0 Å². The predicted octanol–water partition coefficient (Wildman–Crippen LogP) is 3.68. The van der Waals surface area contributed by atoms with Crippen molar-refractivity contribution in [3.8, 4) is 0 Å². The molecule has 0 bridgehead atoms. The van der Waals surface area contributed by atoms with Gasteiger partial charge in [-0.1, -0.05) is 24.3 Å². The van der Waals surface area contributed by atoms with Crippen molar-refractivity contribution in [1.82, 2.24) is 0 Å². The van der Waals surface area contributed by atoms with Crippen molar-refractivity contribution in [2.45, 2.75) is 19.3 Å². The Hall–Kier alpha value is -2.23. The van der Waals surface area contributed by atoms with Gasteiger partial charge in [0.1, 0.15) is 11.6 Å². The van der Waals surface area contributed by atoms with Crippen LogP contribution in [0.25, 0.3) is 0 Å². The van der Waals surface area contributed by atoms with Crippen molar-refractivity contribution in [2.75, 3.05) is 0 Å². The Balaban J connectivity index is 2.36. The van der Waals surface area contributed by atoms with E-state index in [-0.39, 0.29) is 6.42 Å². The van der Waals surface area contributed by atoms with Crippen LogP contribution in [0.4, 0.5) is 8.78 Å². The summed E-state index contributed by atoms with van der Waals surface area (Å²) >= 11 is 0. The molecule has 0 spiro atoms. The lowest BCUT2D eigenvalue weighted by atomic mass is 9.89. The topological polar surface area (TPSA) is 37.3 Å². The monoisotopic (exact) mass is 276 g/mol. The molecule has 20 heavy (non-hydrogen) atoms. The molecule has 0 aromatic heterocycles. The quantitative estimate of drug-likeness (QED) is 0.924. The average molecular weight is 276 g/mol. The third kappa shape index (κ3) is 3.20. The number of carboxylic acids is 1. The molecule has 104 valence electrons. The second kappa shape index (κ2) is 5.82. The van der Waals surface area contributed by atoms with Crippen LogP contribution in [-0.4, -0.2) is 11.1 Å². The van der Waals surface area contributed by atoms with Crippen LogP contribution >= 0.6 is 0 Å². The number of rotatable bonds is 4. The molecule has 0 aliphatic heterocycles. The largest absolute Gasteiger partial charge is 0.481 e. The van der Waals surface area contributed by atoms with Crippen molar-refractivity contribution in [3.05, 3.63) is 70.8 Å². The molecule has 0 heterocycles. The maximum absolute atomic E-state index is 13.2. The molecule has 0 aliphatic rings. The van der Waals surface area contributed by atoms with Crippen LogP contribution in [0, 0.1) is 18.6 Å². The number of aryl methyl sites for hydroxylation is 1. The second-order valence-electron chi connectivity index (χ2n) is 4.73. The standard InChI is InChI=1S/C16H14F2O2/c1-10-4-2-3-5-14(10)15(16(19)20)8-11-6-12(17)9-13(18)7-11/h2-7,9,15H,8H2,1H3,(H,19,20). The van der Waals surface area contributed by atoms with E-state index < -0.39 is 23.5 Å². The van der Waals surface area contributed by atoms with Gasteiger partial charge in [-0.3, -0.25) is 4.79 Å². The number of hydrogen-bond acceptors (Lipinski definition) is 1. The summed E-state index contributed by atoms with van der Waals surface area (Å²) in [6.45, 7) is 1.82. The summed E-state index contributed by atoms with van der Waals surface area (Å²) in [5.41, 5.74) is 1.83. The first-order chi connectivity index (χ1) is 9.47. The molecule has 1 N–H and O–H groups in total. The van der Waals surface area contributed by atoms with Gasteiger partial charge in [0, 0.05) is 6.07 Å². The molecule has 2 rings (SSSR count). The summed E-state index contributed by atoms with van der Waals surface area (Å²) in [7, 11) is 0. The molecule has 2 aromatic rings. The summed E-state index contributed by atoms with van der Waals surface area (Å²) in [6.07, 6.45) is 0.0505. The van der Waals surface area contributed by atoms with Gasteiger partial charge < -0.3 is 5.11 Å². The van der Waals surface area contributed by atoms with Gasteiger partial charge in [-0.05, 0) is 42.2 Å². The van der Waals surface area contributed by atoms with Crippen LogP contribution in [0.1, 0.15) is 22.6 Å². The molecule has 0 fully saturated rings. The first-order valence-electron chi connectivity index (χ1n) is 6.20. The highest BCUT2D eigenvalue weighted by Gasteiger charge is 2.22. The molecule has 1 atom stereocenters. The normalized spacial score (nSPS) is 12.2. The van der Waals surface area contributed by atoms with Crippen molar-refractivity contribution < 1.29 is 18.7 Å². The van der Waals surface area contributed by atoms with Gasteiger partial charge in [-0.25, -0.2) is 8.78 Å². The number of benzene rings is 2. The van der Waals surface area contributed by atoms with Crippen LogP contribution in [0.5, 0.6) is 0 Å². The fourth-order valence-electron chi connectivity index (χ4n) is 2.27. The van der Waals surface area contributed by atoms with Crippen LogP contribution in [0.3, 0.4) is 0 Å². The summed E-state index contributed by atoms with van der Waals surface area (Å²) in [4.78, 5) is 11.4. The average Bonchev–Trinajstić information content (AvgIpc) is 2.35. The minimum Gasteiger partial charge on any atom is -0.481 e. The summed E-state index contributed by atoms with van der Waals surface area (Å²) in [6, 6.07) is 10.2. The van der Waals surface area contributed by atoms with E-state index in [2.05, 4.69) is 0 Å². The zero-order valence-electron chi connectivity index (χ0n) is 10.9. The van der Waals surface area contributed by atoms with Crippen molar-refractivity contribution >= 4 is 5.97 Å². The van der Waals surface area contributed by atoms with Crippen LogP contribution < -0.4 is 0 Å². The molecule has 0 amide bonds. The first-order valence-corrected chi connectivity index (χ1v) is 6.20. The highest BCUT2D eigenvalue weighted by molar-refractivity contribution is 5.77. The molecule has 1 unspecified atom stereocenters. The maximum atomic E-state index is 13.2. The Morgan fingerprint density at radius 2 is 1.75 bits per heavy atom. The molecule has 0 aliphatic carbocycles. The van der Waals surface area contributed by atoms with E-state index in [1.165, 1.54) is 0 Å². The first kappa shape index (κ1) is 14.2. The van der Waals surface area contributed by atoms with E-state index >= 15 is 0 Å². The van der Waals surface area contributed by atoms with Crippen LogP contribution in [-0.2, 0) is 11.2 Å². The lowest BCUT2D eigenvalue weighted by Crippen LogP contribution is -2.15. The number of carbonyl (C=O) groups is 1. The Morgan fingerprint density at radius 3 is 2.30 bits per heavy atom. The molecule has 0 saturated heterocycles. The lowest BCUT2D eigenvalue weighted by Gasteiger charge is -2.15. The van der Waals surface area contributed by atoms with Gasteiger partial charge in [0.25, 0.3) is 0 Å². The van der Waals surface area contributed by atoms with Gasteiger partial charge >= 0.3 is 5.97 Å². The van der Waals surface area contributed by atoms with Gasteiger partial charge in [0.2, 0.25) is 0 Å². The minimum atomic E-state index is -1.01. The predicted molar refractivity (Wildman–Crippen MR) is 71.6 cm³/mol. The fourth-order valence-corrected chi connectivity index (χ4v) is 2.27. The minimum absolute atomic E-state index is 0.0505. The smallest absolute Gasteiger partial charge is 0.311 e. The molecule has 2 aromatic carbocycles. The Labute approximate surface area is 115 Å². The Bertz CT molecular complexity index is 618. The highest BCUT2D eigenvalue weighted by Crippen LogP contribution is 2.25.